The molecule has 2 aromatic carbocycles. The van der Waals surface area contributed by atoms with Gasteiger partial charge < -0.3 is 4.74 Å². The minimum Gasteiger partial charge on any atom is -0.494 e. The number of ether oxygens (including phenoxy) is 1. The van der Waals surface area contributed by atoms with Gasteiger partial charge in [-0.15, -0.1) is 0 Å². The molecular formula is C18H18N4O3S. The summed E-state index contributed by atoms with van der Waals surface area (Å²) in [4.78, 5) is 15.2. The van der Waals surface area contributed by atoms with E-state index < -0.39 is 0 Å². The van der Waals surface area contributed by atoms with Crippen LogP contribution in [0.25, 0.3) is 0 Å². The quantitative estimate of drug-likeness (QED) is 0.634. The fourth-order valence-corrected chi connectivity index (χ4v) is 3.19. The highest BCUT2D eigenvalue weighted by Crippen LogP contribution is 2.24. The Bertz CT molecular complexity index is 879. The van der Waals surface area contributed by atoms with Crippen molar-refractivity contribution < 1.29 is 9.66 Å². The van der Waals surface area contributed by atoms with Crippen LogP contribution in [0.3, 0.4) is 0 Å². The van der Waals surface area contributed by atoms with Gasteiger partial charge in [0.1, 0.15) is 5.75 Å². The van der Waals surface area contributed by atoms with Gasteiger partial charge in [0.15, 0.2) is 5.17 Å². The topological polar surface area (TPSA) is 89.1 Å². The van der Waals surface area contributed by atoms with E-state index in [0.29, 0.717) is 23.1 Å². The molecule has 0 amide bonds. The number of rotatable bonds is 5. The summed E-state index contributed by atoms with van der Waals surface area (Å²) >= 11 is 1.50. The second-order valence-electron chi connectivity index (χ2n) is 5.56. The molecule has 134 valence electrons. The summed E-state index contributed by atoms with van der Waals surface area (Å²) in [5.41, 5.74) is 5.94. The van der Waals surface area contributed by atoms with Crippen LogP contribution in [0.15, 0.2) is 52.6 Å². The molecule has 0 atom stereocenters. The van der Waals surface area contributed by atoms with Crippen molar-refractivity contribution in [2.24, 2.45) is 10.1 Å². The maximum atomic E-state index is 11.1. The monoisotopic (exact) mass is 370 g/mol. The van der Waals surface area contributed by atoms with Gasteiger partial charge in [-0.05, 0) is 38.1 Å². The molecule has 0 saturated carbocycles. The van der Waals surface area contributed by atoms with Gasteiger partial charge in [-0.25, -0.2) is 4.99 Å². The Morgan fingerprint density at radius 1 is 1.31 bits per heavy atom. The van der Waals surface area contributed by atoms with Gasteiger partial charge in [0, 0.05) is 22.9 Å². The number of hydrogen-bond donors (Lipinski definition) is 1. The van der Waals surface area contributed by atoms with Crippen molar-refractivity contribution >= 4 is 34.0 Å². The Balaban J connectivity index is 1.73. The molecule has 0 unspecified atom stereocenters. The van der Waals surface area contributed by atoms with E-state index in [-0.39, 0.29) is 10.6 Å². The van der Waals surface area contributed by atoms with Crippen LogP contribution in [0.5, 0.6) is 5.75 Å². The van der Waals surface area contributed by atoms with Crippen molar-refractivity contribution in [3.8, 4) is 5.75 Å². The van der Waals surface area contributed by atoms with E-state index in [9.17, 15) is 10.1 Å². The molecule has 0 fully saturated rings. The Kier molecular flexibility index (Phi) is 5.52. The van der Waals surface area contributed by atoms with E-state index in [1.165, 1.54) is 11.8 Å². The molecule has 1 aliphatic heterocycles. The molecule has 7 nitrogen and oxygen atoms in total. The zero-order chi connectivity index (χ0) is 18.5. The van der Waals surface area contributed by atoms with Crippen LogP contribution in [0.2, 0.25) is 0 Å². The number of hydrogen-bond acceptors (Lipinski definition) is 6. The summed E-state index contributed by atoms with van der Waals surface area (Å²) in [5, 5.41) is 16.1. The standard InChI is InChI=1S/C18H18N4O3S/c1-3-25-15-8-6-14(7-9-15)19-18-21-20-16(11-26-18)13-5-4-12(2)17(10-13)22(23)24/h4-10H,3,11H2,1-2H3,(H,19,21). The smallest absolute Gasteiger partial charge is 0.272 e. The molecule has 0 aromatic heterocycles. The molecule has 0 radical (unpaired) electrons. The average Bonchev–Trinajstić information content (AvgIpc) is 2.64. The summed E-state index contributed by atoms with van der Waals surface area (Å²) in [5.74, 6) is 1.39. The number of aliphatic imine (C=N–C) groups is 1. The number of nitrogens with one attached hydrogen (secondary N) is 1. The average molecular weight is 370 g/mol. The predicted molar refractivity (Wildman–Crippen MR) is 105 cm³/mol. The van der Waals surface area contributed by atoms with E-state index >= 15 is 0 Å². The van der Waals surface area contributed by atoms with Crippen molar-refractivity contribution in [3.63, 3.8) is 0 Å². The number of nitrogens with zero attached hydrogens (tertiary/aromatic N) is 3. The summed E-state index contributed by atoms with van der Waals surface area (Å²) in [7, 11) is 0. The van der Waals surface area contributed by atoms with Gasteiger partial charge in [-0.1, -0.05) is 23.9 Å². The SMILES string of the molecule is CCOc1ccc(N=C2NN=C(c3ccc(C)c([N+](=O)[O-])c3)CS2)cc1. The number of nitro groups is 1. The van der Waals surface area contributed by atoms with E-state index in [1.807, 2.05) is 37.3 Å². The van der Waals surface area contributed by atoms with Crippen LogP contribution < -0.4 is 10.2 Å². The third kappa shape index (κ3) is 4.20. The zero-order valence-electron chi connectivity index (χ0n) is 14.4. The Morgan fingerprint density at radius 3 is 2.69 bits per heavy atom. The van der Waals surface area contributed by atoms with Gasteiger partial charge in [0.05, 0.1) is 22.9 Å². The number of benzene rings is 2. The normalized spacial score (nSPS) is 15.3. The lowest BCUT2D eigenvalue weighted by atomic mass is 10.1. The first-order valence-electron chi connectivity index (χ1n) is 8.09. The molecule has 0 bridgehead atoms. The highest BCUT2D eigenvalue weighted by Gasteiger charge is 2.17. The summed E-state index contributed by atoms with van der Waals surface area (Å²) < 4.78 is 5.41. The molecule has 1 aliphatic rings. The summed E-state index contributed by atoms with van der Waals surface area (Å²) in [6, 6.07) is 12.6. The number of nitro benzene ring substituents is 1. The van der Waals surface area contributed by atoms with Crippen LogP contribution in [-0.2, 0) is 0 Å². The lowest BCUT2D eigenvalue weighted by molar-refractivity contribution is -0.385. The maximum Gasteiger partial charge on any atom is 0.272 e. The van der Waals surface area contributed by atoms with Crippen molar-refractivity contribution in [1.82, 2.24) is 5.43 Å². The van der Waals surface area contributed by atoms with Crippen molar-refractivity contribution in [2.75, 3.05) is 12.4 Å². The molecule has 0 saturated heterocycles. The fourth-order valence-electron chi connectivity index (χ4n) is 2.41. The number of hydrazone groups is 1. The minimum atomic E-state index is -0.373. The maximum absolute atomic E-state index is 11.1. The van der Waals surface area contributed by atoms with E-state index in [4.69, 9.17) is 4.74 Å². The zero-order valence-corrected chi connectivity index (χ0v) is 15.2. The van der Waals surface area contributed by atoms with Gasteiger partial charge in [0.2, 0.25) is 0 Å². The first-order valence-corrected chi connectivity index (χ1v) is 9.07. The molecular weight excluding hydrogens is 352 g/mol. The van der Waals surface area contributed by atoms with E-state index in [0.717, 1.165) is 22.7 Å². The molecule has 8 heteroatoms. The predicted octanol–water partition coefficient (Wildman–Crippen LogP) is 4.03. The summed E-state index contributed by atoms with van der Waals surface area (Å²) in [6.07, 6.45) is 0. The Hall–Kier alpha value is -2.87. The molecule has 0 spiro atoms. The van der Waals surface area contributed by atoms with Crippen molar-refractivity contribution in [3.05, 3.63) is 63.7 Å². The van der Waals surface area contributed by atoms with Gasteiger partial charge >= 0.3 is 0 Å². The first kappa shape index (κ1) is 17.9. The third-order valence-electron chi connectivity index (χ3n) is 3.75. The van der Waals surface area contributed by atoms with Crippen LogP contribution >= 0.6 is 11.8 Å². The second-order valence-corrected chi connectivity index (χ2v) is 6.53. The highest BCUT2D eigenvalue weighted by atomic mass is 32.2. The summed E-state index contributed by atoms with van der Waals surface area (Å²) in [6.45, 7) is 4.29. The van der Waals surface area contributed by atoms with Gasteiger partial charge in [-0.3, -0.25) is 15.5 Å². The molecule has 2 aromatic rings. The van der Waals surface area contributed by atoms with Crippen LogP contribution in [0.4, 0.5) is 11.4 Å². The molecule has 1 N–H and O–H groups in total. The van der Waals surface area contributed by atoms with Gasteiger partial charge in [0.25, 0.3) is 5.69 Å². The minimum absolute atomic E-state index is 0.101. The molecule has 1 heterocycles. The van der Waals surface area contributed by atoms with Crippen LogP contribution in [0.1, 0.15) is 18.1 Å². The Labute approximate surface area is 155 Å². The first-order chi connectivity index (χ1) is 12.6. The van der Waals surface area contributed by atoms with E-state index in [2.05, 4.69) is 15.5 Å². The van der Waals surface area contributed by atoms with E-state index in [1.54, 1.807) is 19.1 Å². The Morgan fingerprint density at radius 2 is 2.08 bits per heavy atom. The highest BCUT2D eigenvalue weighted by molar-refractivity contribution is 8.14. The lowest BCUT2D eigenvalue weighted by Gasteiger charge is -2.15. The van der Waals surface area contributed by atoms with Crippen LogP contribution in [0, 0.1) is 17.0 Å². The van der Waals surface area contributed by atoms with Crippen molar-refractivity contribution in [1.29, 1.82) is 0 Å². The second kappa shape index (κ2) is 8.01. The number of thioether (sulfide) groups is 1. The number of amidine groups is 1. The lowest BCUT2D eigenvalue weighted by Crippen LogP contribution is -2.25. The molecule has 26 heavy (non-hydrogen) atoms. The van der Waals surface area contributed by atoms with Crippen LogP contribution in [-0.4, -0.2) is 28.2 Å². The molecule has 3 rings (SSSR count). The molecule has 0 aliphatic carbocycles. The number of aryl methyl sites for hydroxylation is 1. The fraction of sp³-hybridized carbons (Fsp3) is 0.222. The van der Waals surface area contributed by atoms with Gasteiger partial charge in [-0.2, -0.15) is 5.10 Å². The largest absolute Gasteiger partial charge is 0.494 e. The third-order valence-corrected chi connectivity index (χ3v) is 4.62. The van der Waals surface area contributed by atoms with Crippen molar-refractivity contribution in [2.45, 2.75) is 13.8 Å².